The Balaban J connectivity index is 1.71. The van der Waals surface area contributed by atoms with Crippen molar-refractivity contribution in [2.24, 2.45) is 0 Å². The van der Waals surface area contributed by atoms with Gasteiger partial charge in [0.05, 0.1) is 18.9 Å². The van der Waals surface area contributed by atoms with E-state index < -0.39 is 0 Å². The molecule has 1 aromatic carbocycles. The lowest BCUT2D eigenvalue weighted by atomic mass is 10.1. The van der Waals surface area contributed by atoms with E-state index in [0.29, 0.717) is 11.8 Å². The van der Waals surface area contributed by atoms with Crippen LogP contribution in [-0.4, -0.2) is 32.9 Å². The van der Waals surface area contributed by atoms with Crippen LogP contribution in [0.4, 0.5) is 5.69 Å². The zero-order chi connectivity index (χ0) is 12.8. The molecule has 0 amide bonds. The predicted octanol–water partition coefficient (Wildman–Crippen LogP) is 1.59. The molecule has 2 rings (SSSR count). The first-order valence-electron chi connectivity index (χ1n) is 6.54. The van der Waals surface area contributed by atoms with Gasteiger partial charge in [0.2, 0.25) is 0 Å². The molecule has 18 heavy (non-hydrogen) atoms. The average Bonchev–Trinajstić information content (AvgIpc) is 2.88. The van der Waals surface area contributed by atoms with Crippen molar-refractivity contribution < 1.29 is 9.47 Å². The van der Waals surface area contributed by atoms with Crippen LogP contribution in [0.1, 0.15) is 18.4 Å². The van der Waals surface area contributed by atoms with Crippen molar-refractivity contribution in [3.63, 3.8) is 0 Å². The van der Waals surface area contributed by atoms with Gasteiger partial charge in [-0.05, 0) is 43.5 Å². The molecule has 0 aromatic heterocycles. The zero-order valence-corrected chi connectivity index (χ0v) is 10.9. The molecule has 0 saturated carbocycles. The van der Waals surface area contributed by atoms with E-state index in [4.69, 9.17) is 15.2 Å². The fraction of sp³-hybridized carbons (Fsp3) is 0.571. The van der Waals surface area contributed by atoms with Crippen LogP contribution in [0.5, 0.6) is 5.75 Å². The third kappa shape index (κ3) is 3.62. The van der Waals surface area contributed by atoms with E-state index in [1.54, 1.807) is 7.11 Å². The van der Waals surface area contributed by atoms with Crippen LogP contribution >= 0.6 is 0 Å². The largest absolute Gasteiger partial charge is 0.495 e. The van der Waals surface area contributed by atoms with E-state index in [-0.39, 0.29) is 0 Å². The molecular weight excluding hydrogens is 228 g/mol. The predicted molar refractivity (Wildman–Crippen MR) is 73.0 cm³/mol. The van der Waals surface area contributed by atoms with Gasteiger partial charge < -0.3 is 20.5 Å². The molecular formula is C14H22N2O2. The highest BCUT2D eigenvalue weighted by Crippen LogP contribution is 2.21. The summed E-state index contributed by atoms with van der Waals surface area (Å²) in [4.78, 5) is 0. The molecule has 1 unspecified atom stereocenters. The third-order valence-electron chi connectivity index (χ3n) is 3.28. The smallest absolute Gasteiger partial charge is 0.141 e. The second-order valence-corrected chi connectivity index (χ2v) is 4.67. The SMILES string of the molecule is COc1ccc(CCNCC2CCCO2)cc1N. The van der Waals surface area contributed by atoms with Gasteiger partial charge in [0, 0.05) is 13.2 Å². The monoisotopic (exact) mass is 250 g/mol. The second kappa shape index (κ2) is 6.61. The number of anilines is 1. The molecule has 4 nitrogen and oxygen atoms in total. The van der Waals surface area contributed by atoms with Gasteiger partial charge >= 0.3 is 0 Å². The number of methoxy groups -OCH3 is 1. The van der Waals surface area contributed by atoms with E-state index in [9.17, 15) is 0 Å². The maximum Gasteiger partial charge on any atom is 0.141 e. The van der Waals surface area contributed by atoms with Crippen LogP contribution in [0.15, 0.2) is 18.2 Å². The van der Waals surface area contributed by atoms with Gasteiger partial charge in [0.25, 0.3) is 0 Å². The number of rotatable bonds is 6. The molecule has 0 bridgehead atoms. The Bertz CT molecular complexity index is 376. The minimum atomic E-state index is 0.408. The van der Waals surface area contributed by atoms with Gasteiger partial charge in [-0.15, -0.1) is 0 Å². The molecule has 1 aromatic rings. The van der Waals surface area contributed by atoms with Crippen molar-refractivity contribution in [3.05, 3.63) is 23.8 Å². The molecule has 1 atom stereocenters. The Morgan fingerprint density at radius 2 is 2.39 bits per heavy atom. The number of ether oxygens (including phenoxy) is 2. The van der Waals surface area contributed by atoms with Gasteiger partial charge in [-0.3, -0.25) is 0 Å². The number of nitrogen functional groups attached to an aromatic ring is 1. The molecule has 1 fully saturated rings. The second-order valence-electron chi connectivity index (χ2n) is 4.67. The normalized spacial score (nSPS) is 19.1. The molecule has 0 spiro atoms. The number of hydrogen-bond acceptors (Lipinski definition) is 4. The molecule has 1 aliphatic heterocycles. The molecule has 3 N–H and O–H groups in total. The Morgan fingerprint density at radius 1 is 1.50 bits per heavy atom. The number of nitrogens with two attached hydrogens (primary N) is 1. The molecule has 0 radical (unpaired) electrons. The lowest BCUT2D eigenvalue weighted by Gasteiger charge is -2.11. The molecule has 1 aliphatic rings. The lowest BCUT2D eigenvalue weighted by Crippen LogP contribution is -2.27. The van der Waals surface area contributed by atoms with Gasteiger partial charge in [-0.25, -0.2) is 0 Å². The van der Waals surface area contributed by atoms with Crippen molar-refractivity contribution in [2.75, 3.05) is 32.5 Å². The highest BCUT2D eigenvalue weighted by Gasteiger charge is 2.14. The highest BCUT2D eigenvalue weighted by molar-refractivity contribution is 5.54. The minimum Gasteiger partial charge on any atom is -0.495 e. The average molecular weight is 250 g/mol. The molecule has 1 heterocycles. The summed E-state index contributed by atoms with van der Waals surface area (Å²) in [7, 11) is 1.63. The molecule has 100 valence electrons. The Kier molecular flexibility index (Phi) is 4.84. The van der Waals surface area contributed by atoms with Crippen LogP contribution < -0.4 is 15.8 Å². The standard InChI is InChI=1S/C14H22N2O2/c1-17-14-5-4-11(9-13(14)15)6-7-16-10-12-3-2-8-18-12/h4-5,9,12,16H,2-3,6-8,10,15H2,1H3. The highest BCUT2D eigenvalue weighted by atomic mass is 16.5. The van der Waals surface area contributed by atoms with Crippen LogP contribution in [-0.2, 0) is 11.2 Å². The zero-order valence-electron chi connectivity index (χ0n) is 10.9. The summed E-state index contributed by atoms with van der Waals surface area (Å²) in [6.45, 7) is 2.82. The summed E-state index contributed by atoms with van der Waals surface area (Å²) in [6.07, 6.45) is 3.76. The Hall–Kier alpha value is -1.26. The molecule has 4 heteroatoms. The van der Waals surface area contributed by atoms with E-state index >= 15 is 0 Å². The van der Waals surface area contributed by atoms with E-state index in [2.05, 4.69) is 11.4 Å². The summed E-state index contributed by atoms with van der Waals surface area (Å²) >= 11 is 0. The van der Waals surface area contributed by atoms with Gasteiger partial charge in [0.1, 0.15) is 5.75 Å². The quantitative estimate of drug-likeness (QED) is 0.594. The van der Waals surface area contributed by atoms with Gasteiger partial charge in [0.15, 0.2) is 0 Å². The summed E-state index contributed by atoms with van der Waals surface area (Å²) in [5.41, 5.74) is 7.80. The summed E-state index contributed by atoms with van der Waals surface area (Å²) in [6, 6.07) is 5.96. The number of benzene rings is 1. The maximum absolute atomic E-state index is 5.87. The third-order valence-corrected chi connectivity index (χ3v) is 3.28. The van der Waals surface area contributed by atoms with Crippen molar-refractivity contribution in [3.8, 4) is 5.75 Å². The van der Waals surface area contributed by atoms with Crippen molar-refractivity contribution in [2.45, 2.75) is 25.4 Å². The Labute approximate surface area is 108 Å². The fourth-order valence-electron chi connectivity index (χ4n) is 2.24. The van der Waals surface area contributed by atoms with E-state index in [1.807, 2.05) is 12.1 Å². The summed E-state index contributed by atoms with van der Waals surface area (Å²) in [5.74, 6) is 0.742. The van der Waals surface area contributed by atoms with E-state index in [0.717, 1.165) is 31.9 Å². The van der Waals surface area contributed by atoms with Crippen LogP contribution in [0.3, 0.4) is 0 Å². The lowest BCUT2D eigenvalue weighted by molar-refractivity contribution is 0.110. The topological polar surface area (TPSA) is 56.5 Å². The number of nitrogens with one attached hydrogen (secondary N) is 1. The molecule has 1 saturated heterocycles. The van der Waals surface area contributed by atoms with Crippen molar-refractivity contribution >= 4 is 5.69 Å². The van der Waals surface area contributed by atoms with Crippen LogP contribution in [0.2, 0.25) is 0 Å². The van der Waals surface area contributed by atoms with Gasteiger partial charge in [-0.1, -0.05) is 6.07 Å². The van der Waals surface area contributed by atoms with E-state index in [1.165, 1.54) is 18.4 Å². The Morgan fingerprint density at radius 3 is 3.06 bits per heavy atom. The first-order valence-corrected chi connectivity index (χ1v) is 6.54. The summed E-state index contributed by atoms with van der Waals surface area (Å²) in [5, 5.41) is 3.43. The minimum absolute atomic E-state index is 0.408. The molecule has 0 aliphatic carbocycles. The number of hydrogen-bond donors (Lipinski definition) is 2. The van der Waals surface area contributed by atoms with Crippen molar-refractivity contribution in [1.29, 1.82) is 0 Å². The fourth-order valence-corrected chi connectivity index (χ4v) is 2.24. The first-order chi connectivity index (χ1) is 8.79. The first kappa shape index (κ1) is 13.2. The van der Waals surface area contributed by atoms with Crippen LogP contribution in [0, 0.1) is 0 Å². The maximum atomic E-state index is 5.87. The summed E-state index contributed by atoms with van der Waals surface area (Å²) < 4.78 is 10.7. The van der Waals surface area contributed by atoms with Crippen molar-refractivity contribution in [1.82, 2.24) is 5.32 Å². The van der Waals surface area contributed by atoms with Gasteiger partial charge in [-0.2, -0.15) is 0 Å². The van der Waals surface area contributed by atoms with Crippen LogP contribution in [0.25, 0.3) is 0 Å².